The average molecular weight is 280 g/mol. The van der Waals surface area contributed by atoms with Crippen LogP contribution < -0.4 is 5.73 Å². The van der Waals surface area contributed by atoms with Gasteiger partial charge in [-0.1, -0.05) is 24.3 Å². The Hall–Kier alpha value is -2.26. The molecule has 2 nitrogen and oxygen atoms in total. The van der Waals surface area contributed by atoms with E-state index in [2.05, 4.69) is 4.98 Å². The molecule has 0 saturated carbocycles. The van der Waals surface area contributed by atoms with Gasteiger partial charge in [0.2, 0.25) is 0 Å². The van der Waals surface area contributed by atoms with E-state index in [-0.39, 0.29) is 11.9 Å². The number of fused-ring (bicyclic) bond motifs is 1. The molecule has 0 aliphatic carbocycles. The Bertz CT molecular complexity index is 778. The normalized spacial score (nSPS) is 12.5. The van der Waals surface area contributed by atoms with E-state index in [0.717, 1.165) is 27.6 Å². The van der Waals surface area contributed by atoms with E-state index < -0.39 is 0 Å². The molecule has 0 aliphatic heterocycles. The van der Waals surface area contributed by atoms with Gasteiger partial charge in [-0.2, -0.15) is 0 Å². The molecule has 0 spiro atoms. The molecule has 1 unspecified atom stereocenters. The molecule has 106 valence electrons. The molecule has 0 radical (unpaired) electrons. The number of aromatic nitrogens is 1. The highest BCUT2D eigenvalue weighted by Gasteiger charge is 2.12. The maximum absolute atomic E-state index is 13.4. The molecule has 0 amide bonds. The van der Waals surface area contributed by atoms with Crippen molar-refractivity contribution in [3.05, 3.63) is 77.2 Å². The smallest absolute Gasteiger partial charge is 0.123 e. The Labute approximate surface area is 123 Å². The number of aryl methyl sites for hydroxylation is 1. The molecule has 1 aromatic heterocycles. The zero-order chi connectivity index (χ0) is 14.8. The number of rotatable bonds is 3. The molecular weight excluding hydrogens is 263 g/mol. The van der Waals surface area contributed by atoms with Crippen LogP contribution >= 0.6 is 0 Å². The molecule has 2 N–H and O–H groups in total. The predicted molar refractivity (Wildman–Crippen MR) is 83.5 cm³/mol. The van der Waals surface area contributed by atoms with Crippen molar-refractivity contribution in [3.63, 3.8) is 0 Å². The van der Waals surface area contributed by atoms with Crippen molar-refractivity contribution < 1.29 is 4.39 Å². The second kappa shape index (κ2) is 5.62. The molecule has 3 aromatic rings. The van der Waals surface area contributed by atoms with Gasteiger partial charge in [-0.3, -0.25) is 4.98 Å². The van der Waals surface area contributed by atoms with E-state index in [1.165, 1.54) is 6.07 Å². The number of nitrogens with zero attached hydrogens (tertiary/aromatic N) is 1. The van der Waals surface area contributed by atoms with Crippen molar-refractivity contribution in [1.82, 2.24) is 4.98 Å². The van der Waals surface area contributed by atoms with E-state index in [0.29, 0.717) is 6.42 Å². The summed E-state index contributed by atoms with van der Waals surface area (Å²) in [5.74, 6) is -0.220. The zero-order valence-corrected chi connectivity index (χ0v) is 11.9. The van der Waals surface area contributed by atoms with E-state index in [4.69, 9.17) is 5.73 Å². The summed E-state index contributed by atoms with van der Waals surface area (Å²) < 4.78 is 13.4. The van der Waals surface area contributed by atoms with Crippen LogP contribution in [0.3, 0.4) is 0 Å². The summed E-state index contributed by atoms with van der Waals surface area (Å²) in [6.45, 7) is 1.98. The van der Waals surface area contributed by atoms with Gasteiger partial charge in [0.05, 0.1) is 5.52 Å². The third-order valence-corrected chi connectivity index (χ3v) is 3.83. The average Bonchev–Trinajstić information content (AvgIpc) is 2.50. The molecular formula is C18H17FN2. The van der Waals surface area contributed by atoms with Crippen molar-refractivity contribution in [1.29, 1.82) is 0 Å². The van der Waals surface area contributed by atoms with Gasteiger partial charge in [0.15, 0.2) is 0 Å². The highest BCUT2D eigenvalue weighted by Crippen LogP contribution is 2.25. The third-order valence-electron chi connectivity index (χ3n) is 3.83. The highest BCUT2D eigenvalue weighted by molar-refractivity contribution is 5.82. The molecule has 0 aliphatic rings. The van der Waals surface area contributed by atoms with Gasteiger partial charge in [0, 0.05) is 17.6 Å². The number of nitrogens with two attached hydrogens (primary N) is 1. The molecule has 1 atom stereocenters. The molecule has 0 bridgehead atoms. The predicted octanol–water partition coefficient (Wildman–Crippen LogP) is 3.92. The molecule has 1 heterocycles. The van der Waals surface area contributed by atoms with Crippen molar-refractivity contribution in [3.8, 4) is 0 Å². The van der Waals surface area contributed by atoms with Crippen LogP contribution in [0.2, 0.25) is 0 Å². The van der Waals surface area contributed by atoms with E-state index in [1.807, 2.05) is 37.3 Å². The monoisotopic (exact) mass is 280 g/mol. The largest absolute Gasteiger partial charge is 0.324 e. The van der Waals surface area contributed by atoms with Gasteiger partial charge in [0.25, 0.3) is 0 Å². The molecule has 2 aromatic carbocycles. The number of hydrogen-bond acceptors (Lipinski definition) is 2. The summed E-state index contributed by atoms with van der Waals surface area (Å²) in [5.41, 5.74) is 10.3. The van der Waals surface area contributed by atoms with Crippen molar-refractivity contribution >= 4 is 10.9 Å². The van der Waals surface area contributed by atoms with Crippen LogP contribution in [-0.2, 0) is 6.42 Å². The molecule has 21 heavy (non-hydrogen) atoms. The lowest BCUT2D eigenvalue weighted by Crippen LogP contribution is -2.14. The number of benzene rings is 2. The molecule has 3 rings (SSSR count). The van der Waals surface area contributed by atoms with Crippen LogP contribution in [0.4, 0.5) is 4.39 Å². The Morgan fingerprint density at radius 2 is 2.00 bits per heavy atom. The summed E-state index contributed by atoms with van der Waals surface area (Å²) >= 11 is 0. The Kier molecular flexibility index (Phi) is 3.67. The number of pyridine rings is 1. The number of halogens is 1. The SMILES string of the molecule is Cc1ccc(F)cc1CC(N)c1cccc2ncccc12. The van der Waals surface area contributed by atoms with Gasteiger partial charge in [-0.05, 0) is 54.3 Å². The first-order valence-electron chi connectivity index (χ1n) is 6.99. The third kappa shape index (κ3) is 2.78. The van der Waals surface area contributed by atoms with Gasteiger partial charge in [0.1, 0.15) is 5.82 Å². The fourth-order valence-corrected chi connectivity index (χ4v) is 2.66. The van der Waals surface area contributed by atoms with Crippen molar-refractivity contribution in [2.75, 3.05) is 0 Å². The maximum Gasteiger partial charge on any atom is 0.123 e. The second-order valence-electron chi connectivity index (χ2n) is 5.30. The first kappa shape index (κ1) is 13.7. The Morgan fingerprint density at radius 3 is 2.86 bits per heavy atom. The lowest BCUT2D eigenvalue weighted by Gasteiger charge is -2.16. The fourth-order valence-electron chi connectivity index (χ4n) is 2.66. The van der Waals surface area contributed by atoms with E-state index >= 15 is 0 Å². The summed E-state index contributed by atoms with van der Waals surface area (Å²) in [7, 11) is 0. The van der Waals surface area contributed by atoms with Crippen LogP contribution in [-0.4, -0.2) is 4.98 Å². The molecule has 3 heteroatoms. The number of hydrogen-bond donors (Lipinski definition) is 1. The van der Waals surface area contributed by atoms with E-state index in [9.17, 15) is 4.39 Å². The lowest BCUT2D eigenvalue weighted by molar-refractivity contribution is 0.621. The van der Waals surface area contributed by atoms with Gasteiger partial charge < -0.3 is 5.73 Å². The molecule has 0 fully saturated rings. The minimum atomic E-state index is -0.220. The van der Waals surface area contributed by atoms with E-state index in [1.54, 1.807) is 18.3 Å². The maximum atomic E-state index is 13.4. The minimum Gasteiger partial charge on any atom is -0.324 e. The van der Waals surface area contributed by atoms with Crippen LogP contribution in [0.25, 0.3) is 10.9 Å². The van der Waals surface area contributed by atoms with Crippen LogP contribution in [0.15, 0.2) is 54.7 Å². The topological polar surface area (TPSA) is 38.9 Å². The fraction of sp³-hybridized carbons (Fsp3) is 0.167. The van der Waals surface area contributed by atoms with Gasteiger partial charge in [-0.15, -0.1) is 0 Å². The molecule has 0 saturated heterocycles. The van der Waals surface area contributed by atoms with Crippen molar-refractivity contribution in [2.24, 2.45) is 5.73 Å². The first-order valence-corrected chi connectivity index (χ1v) is 6.99. The highest BCUT2D eigenvalue weighted by atomic mass is 19.1. The summed E-state index contributed by atoms with van der Waals surface area (Å²) in [5, 5.41) is 1.06. The standard InChI is InChI=1S/C18H17FN2/c1-12-7-8-14(19)10-13(12)11-17(20)15-4-2-6-18-16(15)5-3-9-21-18/h2-10,17H,11,20H2,1H3. The van der Waals surface area contributed by atoms with Crippen molar-refractivity contribution in [2.45, 2.75) is 19.4 Å². The quantitative estimate of drug-likeness (QED) is 0.789. The Balaban J connectivity index is 1.97. The van der Waals surface area contributed by atoms with Crippen LogP contribution in [0.5, 0.6) is 0 Å². The lowest BCUT2D eigenvalue weighted by atomic mass is 9.94. The van der Waals surface area contributed by atoms with Gasteiger partial charge in [-0.25, -0.2) is 4.39 Å². The summed E-state index contributed by atoms with van der Waals surface area (Å²) in [6, 6.07) is 14.5. The Morgan fingerprint density at radius 1 is 1.14 bits per heavy atom. The summed E-state index contributed by atoms with van der Waals surface area (Å²) in [6.07, 6.45) is 2.38. The first-order chi connectivity index (χ1) is 10.1. The summed E-state index contributed by atoms with van der Waals surface area (Å²) in [4.78, 5) is 4.35. The van der Waals surface area contributed by atoms with Crippen LogP contribution in [0, 0.1) is 12.7 Å². The van der Waals surface area contributed by atoms with Crippen LogP contribution in [0.1, 0.15) is 22.7 Å². The second-order valence-corrected chi connectivity index (χ2v) is 5.30. The van der Waals surface area contributed by atoms with Gasteiger partial charge >= 0.3 is 0 Å². The minimum absolute atomic E-state index is 0.182. The zero-order valence-electron chi connectivity index (χ0n) is 11.9.